The van der Waals surface area contributed by atoms with Gasteiger partial charge < -0.3 is 9.84 Å². The summed E-state index contributed by atoms with van der Waals surface area (Å²) in [6.45, 7) is 1.47. The van der Waals surface area contributed by atoms with Gasteiger partial charge in [-0.25, -0.2) is 9.78 Å². The van der Waals surface area contributed by atoms with Gasteiger partial charge in [-0.3, -0.25) is 0 Å². The summed E-state index contributed by atoms with van der Waals surface area (Å²) in [4.78, 5) is 18.2. The number of hydrogen-bond acceptors (Lipinski definition) is 4. The molecule has 0 aliphatic carbocycles. The topological polar surface area (TPSA) is 72.3 Å². The smallest absolute Gasteiger partial charge is 0.339 e. The molecule has 18 heavy (non-hydrogen) atoms. The molecule has 0 atom stereocenters. The van der Waals surface area contributed by atoms with Crippen LogP contribution in [0.15, 0.2) is 30.6 Å². The zero-order valence-electron chi connectivity index (χ0n) is 9.42. The molecule has 0 unspecified atom stereocenters. The zero-order valence-corrected chi connectivity index (χ0v) is 9.42. The zero-order chi connectivity index (χ0) is 13.1. The maximum absolute atomic E-state index is 13.6. The maximum Gasteiger partial charge on any atom is 0.339 e. The molecule has 0 aliphatic rings. The molecule has 2 rings (SSSR count). The molecule has 0 fully saturated rings. The Bertz CT molecular complexity index is 602. The number of carbonyl (C=O) groups is 1. The Morgan fingerprint density at radius 1 is 1.33 bits per heavy atom. The Kier molecular flexibility index (Phi) is 3.18. The van der Waals surface area contributed by atoms with Crippen molar-refractivity contribution in [2.75, 3.05) is 0 Å². The molecule has 0 saturated carbocycles. The summed E-state index contributed by atoms with van der Waals surface area (Å²) >= 11 is 0. The molecule has 6 heteroatoms. The minimum atomic E-state index is -1.16. The van der Waals surface area contributed by atoms with Crippen molar-refractivity contribution in [2.45, 2.75) is 6.92 Å². The van der Waals surface area contributed by atoms with E-state index >= 15 is 0 Å². The Balaban J connectivity index is 2.40. The molecular formula is C12H9FN2O3. The molecular weight excluding hydrogens is 239 g/mol. The van der Waals surface area contributed by atoms with Gasteiger partial charge in [-0.15, -0.1) is 0 Å². The summed E-state index contributed by atoms with van der Waals surface area (Å²) in [5.41, 5.74) is 0.0703. The lowest BCUT2D eigenvalue weighted by molar-refractivity contribution is 0.0694. The van der Waals surface area contributed by atoms with E-state index in [-0.39, 0.29) is 22.9 Å². The first-order valence-corrected chi connectivity index (χ1v) is 5.07. The number of carboxylic acid groups (broad SMARTS) is 1. The number of rotatable bonds is 3. The van der Waals surface area contributed by atoms with Crippen LogP contribution in [0.2, 0.25) is 0 Å². The summed E-state index contributed by atoms with van der Waals surface area (Å²) in [6, 6.07) is 5.94. The number of halogens is 1. The molecule has 0 aliphatic heterocycles. The average Bonchev–Trinajstić information content (AvgIpc) is 2.35. The Morgan fingerprint density at radius 2 is 2.06 bits per heavy atom. The van der Waals surface area contributed by atoms with E-state index in [0.717, 1.165) is 6.33 Å². The highest BCUT2D eigenvalue weighted by molar-refractivity contribution is 5.90. The lowest BCUT2D eigenvalue weighted by atomic mass is 10.2. The van der Waals surface area contributed by atoms with E-state index < -0.39 is 11.8 Å². The number of hydrogen-bond donors (Lipinski definition) is 1. The van der Waals surface area contributed by atoms with Crippen LogP contribution in [0.5, 0.6) is 11.6 Å². The number of ether oxygens (including phenoxy) is 1. The van der Waals surface area contributed by atoms with E-state index in [2.05, 4.69) is 9.97 Å². The van der Waals surface area contributed by atoms with Crippen LogP contribution < -0.4 is 4.74 Å². The summed E-state index contributed by atoms with van der Waals surface area (Å²) in [6.07, 6.45) is 1.15. The van der Waals surface area contributed by atoms with Gasteiger partial charge in [-0.05, 0) is 19.1 Å². The van der Waals surface area contributed by atoms with Crippen LogP contribution in [0, 0.1) is 12.7 Å². The van der Waals surface area contributed by atoms with Crippen LogP contribution in [0.1, 0.15) is 16.1 Å². The minimum Gasteiger partial charge on any atom is -0.478 e. The van der Waals surface area contributed by atoms with Gasteiger partial charge in [-0.2, -0.15) is 9.37 Å². The van der Waals surface area contributed by atoms with Crippen molar-refractivity contribution in [2.24, 2.45) is 0 Å². The molecule has 5 nitrogen and oxygen atoms in total. The van der Waals surface area contributed by atoms with Crippen molar-refractivity contribution >= 4 is 5.97 Å². The van der Waals surface area contributed by atoms with E-state index in [1.54, 1.807) is 12.1 Å². The quantitative estimate of drug-likeness (QED) is 0.902. The minimum absolute atomic E-state index is 0.0296. The molecule has 1 N–H and O–H groups in total. The van der Waals surface area contributed by atoms with Gasteiger partial charge in [-0.1, -0.05) is 12.1 Å². The van der Waals surface area contributed by atoms with Crippen molar-refractivity contribution in [3.8, 4) is 11.6 Å². The summed E-state index contributed by atoms with van der Waals surface area (Å²) < 4.78 is 18.8. The van der Waals surface area contributed by atoms with Gasteiger partial charge in [0.2, 0.25) is 5.82 Å². The van der Waals surface area contributed by atoms with Crippen molar-refractivity contribution in [3.05, 3.63) is 47.7 Å². The van der Waals surface area contributed by atoms with Gasteiger partial charge in [0.25, 0.3) is 5.88 Å². The maximum atomic E-state index is 13.6. The van der Waals surface area contributed by atoms with Crippen molar-refractivity contribution < 1.29 is 19.0 Å². The molecule has 1 aromatic carbocycles. The molecule has 0 amide bonds. The van der Waals surface area contributed by atoms with Crippen molar-refractivity contribution in [1.82, 2.24) is 9.97 Å². The standard InChI is InChI=1S/C12H9FN2O3/c1-7-10(13)11(15-6-14-7)18-9-5-3-2-4-8(9)12(16)17/h2-6H,1H3,(H,16,17). The number of benzene rings is 1. The van der Waals surface area contributed by atoms with Gasteiger partial charge in [0.1, 0.15) is 17.6 Å². The number of carboxylic acids is 1. The second-order valence-electron chi connectivity index (χ2n) is 3.48. The second kappa shape index (κ2) is 4.79. The van der Waals surface area contributed by atoms with E-state index in [9.17, 15) is 9.18 Å². The SMILES string of the molecule is Cc1ncnc(Oc2ccccc2C(=O)O)c1F. The van der Waals surface area contributed by atoms with E-state index in [1.165, 1.54) is 19.1 Å². The third-order valence-corrected chi connectivity index (χ3v) is 2.26. The van der Waals surface area contributed by atoms with Crippen LogP contribution in [-0.4, -0.2) is 21.0 Å². The number of aromatic nitrogens is 2. The lowest BCUT2D eigenvalue weighted by Gasteiger charge is -2.08. The van der Waals surface area contributed by atoms with Crippen LogP contribution in [0.25, 0.3) is 0 Å². The highest BCUT2D eigenvalue weighted by Gasteiger charge is 2.15. The van der Waals surface area contributed by atoms with E-state index in [1.807, 2.05) is 0 Å². The van der Waals surface area contributed by atoms with Gasteiger partial charge in [0, 0.05) is 0 Å². The third-order valence-electron chi connectivity index (χ3n) is 2.26. The fraction of sp³-hybridized carbons (Fsp3) is 0.0833. The molecule has 0 bridgehead atoms. The van der Waals surface area contributed by atoms with Crippen molar-refractivity contribution in [1.29, 1.82) is 0 Å². The lowest BCUT2D eigenvalue weighted by Crippen LogP contribution is -2.02. The summed E-state index contributed by atoms with van der Waals surface area (Å²) in [7, 11) is 0. The summed E-state index contributed by atoms with van der Waals surface area (Å²) in [5, 5.41) is 8.96. The van der Waals surface area contributed by atoms with Crippen molar-refractivity contribution in [3.63, 3.8) is 0 Å². The first kappa shape index (κ1) is 12.0. The molecule has 92 valence electrons. The highest BCUT2D eigenvalue weighted by atomic mass is 19.1. The predicted octanol–water partition coefficient (Wildman–Crippen LogP) is 2.41. The molecule has 0 spiro atoms. The predicted molar refractivity (Wildman–Crippen MR) is 60.2 cm³/mol. The molecule has 1 aromatic heterocycles. The summed E-state index contributed by atoms with van der Waals surface area (Å²) in [5.74, 6) is -2.13. The van der Waals surface area contributed by atoms with Gasteiger partial charge in [0.15, 0.2) is 0 Å². The van der Waals surface area contributed by atoms with Crippen LogP contribution in [-0.2, 0) is 0 Å². The molecule has 0 radical (unpaired) electrons. The van der Waals surface area contributed by atoms with Gasteiger partial charge >= 0.3 is 5.97 Å². The normalized spacial score (nSPS) is 10.1. The first-order chi connectivity index (χ1) is 8.59. The van der Waals surface area contributed by atoms with Crippen LogP contribution >= 0.6 is 0 Å². The third kappa shape index (κ3) is 2.27. The second-order valence-corrected chi connectivity index (χ2v) is 3.48. The average molecular weight is 248 g/mol. The Morgan fingerprint density at radius 3 is 2.78 bits per heavy atom. The van der Waals surface area contributed by atoms with E-state index in [0.29, 0.717) is 0 Å². The van der Waals surface area contributed by atoms with E-state index in [4.69, 9.17) is 9.84 Å². The Labute approximate surface area is 102 Å². The number of aryl methyl sites for hydroxylation is 1. The Hall–Kier alpha value is -2.50. The van der Waals surface area contributed by atoms with Gasteiger partial charge in [0.05, 0.1) is 5.69 Å². The molecule has 0 saturated heterocycles. The molecule has 2 aromatic rings. The number of nitrogens with zero attached hydrogens (tertiary/aromatic N) is 2. The first-order valence-electron chi connectivity index (χ1n) is 5.07. The largest absolute Gasteiger partial charge is 0.478 e. The fourth-order valence-corrected chi connectivity index (χ4v) is 1.34. The monoisotopic (exact) mass is 248 g/mol. The van der Waals surface area contributed by atoms with Crippen LogP contribution in [0.3, 0.4) is 0 Å². The fourth-order valence-electron chi connectivity index (χ4n) is 1.34. The number of aromatic carboxylic acids is 1. The number of para-hydroxylation sites is 1. The highest BCUT2D eigenvalue weighted by Crippen LogP contribution is 2.26. The molecule has 1 heterocycles. The van der Waals surface area contributed by atoms with Crippen LogP contribution in [0.4, 0.5) is 4.39 Å².